The molecule has 1 aliphatic heterocycles. The van der Waals surface area contributed by atoms with Crippen molar-refractivity contribution in [3.63, 3.8) is 0 Å². The summed E-state index contributed by atoms with van der Waals surface area (Å²) in [5.41, 5.74) is 1.45. The molecule has 1 aliphatic rings. The Morgan fingerprint density at radius 1 is 1.82 bits per heavy atom. The molecule has 2 N–H and O–H groups in total. The number of hydrogen-bond donors (Lipinski definition) is 2. The molecule has 1 heterocycles. The van der Waals surface area contributed by atoms with Gasteiger partial charge in [-0.25, -0.2) is 0 Å². The minimum atomic E-state index is 0.919. The van der Waals surface area contributed by atoms with Gasteiger partial charge in [0.25, 0.3) is 0 Å². The molecular weight excluding hydrogens is 138 g/mol. The van der Waals surface area contributed by atoms with Gasteiger partial charge in [-0.1, -0.05) is 11.6 Å². The zero-order chi connectivity index (χ0) is 8.10. The summed E-state index contributed by atoms with van der Waals surface area (Å²) in [6, 6.07) is 0. The lowest BCUT2D eigenvalue weighted by Gasteiger charge is -2.09. The fourth-order valence-electron chi connectivity index (χ4n) is 1.20. The van der Waals surface area contributed by atoms with Gasteiger partial charge in [0, 0.05) is 13.1 Å². The highest BCUT2D eigenvalue weighted by molar-refractivity contribution is 5.53. The predicted octanol–water partition coefficient (Wildman–Crippen LogP) is 0.445. The molecule has 0 aromatic carbocycles. The molecule has 0 bridgehead atoms. The van der Waals surface area contributed by atoms with E-state index >= 15 is 0 Å². The van der Waals surface area contributed by atoms with E-state index in [9.17, 15) is 0 Å². The van der Waals surface area contributed by atoms with Gasteiger partial charge in [0.2, 0.25) is 0 Å². The minimum absolute atomic E-state index is 0.919. The number of hydrogen-bond acceptors (Lipinski definition) is 2. The van der Waals surface area contributed by atoms with E-state index in [4.69, 9.17) is 5.41 Å². The van der Waals surface area contributed by atoms with Gasteiger partial charge in [-0.2, -0.15) is 0 Å². The van der Waals surface area contributed by atoms with Crippen LogP contribution in [-0.2, 0) is 0 Å². The second-order valence-electron chi connectivity index (χ2n) is 2.77. The summed E-state index contributed by atoms with van der Waals surface area (Å²) in [5, 5.41) is 10.1. The van der Waals surface area contributed by atoms with Gasteiger partial charge in [-0.15, -0.1) is 0 Å². The lowest BCUT2D eigenvalue weighted by atomic mass is 10.2. The van der Waals surface area contributed by atoms with Crippen molar-refractivity contribution in [2.45, 2.75) is 6.42 Å². The van der Waals surface area contributed by atoms with Gasteiger partial charge in [-0.3, -0.25) is 5.41 Å². The summed E-state index contributed by atoms with van der Waals surface area (Å²) in [7, 11) is 1.96. The van der Waals surface area contributed by atoms with Gasteiger partial charge >= 0.3 is 0 Å². The fraction of sp³-hybridized carbons (Fsp3) is 0.625. The van der Waals surface area contributed by atoms with Crippen LogP contribution in [0.5, 0.6) is 0 Å². The Balaban J connectivity index is 2.22. The largest absolute Gasteiger partial charge is 0.355 e. The molecule has 11 heavy (non-hydrogen) atoms. The average molecular weight is 153 g/mol. The Bertz CT molecular complexity index is 163. The maximum Gasteiger partial charge on any atom is 0.0823 e. The van der Waals surface area contributed by atoms with Crippen LogP contribution in [0.15, 0.2) is 11.6 Å². The summed E-state index contributed by atoms with van der Waals surface area (Å²) >= 11 is 0. The molecule has 0 aliphatic carbocycles. The molecule has 0 spiro atoms. The van der Waals surface area contributed by atoms with Crippen molar-refractivity contribution >= 4 is 6.34 Å². The van der Waals surface area contributed by atoms with Crippen molar-refractivity contribution in [1.29, 1.82) is 5.41 Å². The first-order valence-corrected chi connectivity index (χ1v) is 3.94. The third-order valence-electron chi connectivity index (χ3n) is 1.90. The van der Waals surface area contributed by atoms with Gasteiger partial charge in [-0.05, 0) is 20.0 Å². The standard InChI is InChI=1S/C8H15N3/c1-10-4-2-8-3-5-11(6-8)7-9/h3,7,9-10H,2,4-6H2,1H3. The van der Waals surface area contributed by atoms with Crippen molar-refractivity contribution < 1.29 is 0 Å². The summed E-state index contributed by atoms with van der Waals surface area (Å²) < 4.78 is 0. The minimum Gasteiger partial charge on any atom is -0.355 e. The molecule has 62 valence electrons. The highest BCUT2D eigenvalue weighted by Gasteiger charge is 2.09. The Morgan fingerprint density at radius 2 is 2.64 bits per heavy atom. The third kappa shape index (κ3) is 2.35. The van der Waals surface area contributed by atoms with Crippen LogP contribution >= 0.6 is 0 Å². The molecule has 3 nitrogen and oxygen atoms in total. The SMILES string of the molecule is CNCCC1=CCN(C=N)C1. The van der Waals surface area contributed by atoms with Gasteiger partial charge in [0.15, 0.2) is 0 Å². The highest BCUT2D eigenvalue weighted by atomic mass is 15.1. The van der Waals surface area contributed by atoms with Crippen LogP contribution in [0.25, 0.3) is 0 Å². The number of nitrogens with one attached hydrogen (secondary N) is 2. The molecule has 0 saturated carbocycles. The maximum atomic E-state index is 7.02. The molecule has 0 aromatic heterocycles. The van der Waals surface area contributed by atoms with E-state index in [0.29, 0.717) is 0 Å². The van der Waals surface area contributed by atoms with E-state index in [1.54, 1.807) is 0 Å². The van der Waals surface area contributed by atoms with E-state index in [-0.39, 0.29) is 0 Å². The first kappa shape index (κ1) is 8.27. The van der Waals surface area contributed by atoms with Crippen molar-refractivity contribution in [3.8, 4) is 0 Å². The normalized spacial score (nSPS) is 16.8. The molecule has 0 amide bonds. The molecular formula is C8H15N3. The van der Waals surface area contributed by atoms with Gasteiger partial charge < -0.3 is 10.2 Å². The van der Waals surface area contributed by atoms with Crippen LogP contribution in [0.3, 0.4) is 0 Å². The van der Waals surface area contributed by atoms with E-state index in [0.717, 1.165) is 26.1 Å². The Hall–Kier alpha value is -0.830. The molecule has 3 heteroatoms. The topological polar surface area (TPSA) is 39.1 Å². The summed E-state index contributed by atoms with van der Waals surface area (Å²) in [6.07, 6.45) is 4.73. The van der Waals surface area contributed by atoms with Crippen LogP contribution < -0.4 is 5.32 Å². The van der Waals surface area contributed by atoms with E-state index in [1.807, 2.05) is 11.9 Å². The summed E-state index contributed by atoms with van der Waals surface area (Å²) in [5.74, 6) is 0. The smallest absolute Gasteiger partial charge is 0.0823 e. The number of rotatable bonds is 4. The molecule has 1 rings (SSSR count). The van der Waals surface area contributed by atoms with Crippen LogP contribution in [0.2, 0.25) is 0 Å². The summed E-state index contributed by atoms with van der Waals surface area (Å²) in [4.78, 5) is 1.99. The average Bonchev–Trinajstić information content (AvgIpc) is 2.48. The first-order chi connectivity index (χ1) is 5.36. The van der Waals surface area contributed by atoms with Crippen molar-refractivity contribution in [3.05, 3.63) is 11.6 Å². The number of nitrogens with zero attached hydrogens (tertiary/aromatic N) is 1. The van der Waals surface area contributed by atoms with Gasteiger partial charge in [0.1, 0.15) is 0 Å². The molecule has 0 saturated heterocycles. The van der Waals surface area contributed by atoms with E-state index in [2.05, 4.69) is 11.4 Å². The van der Waals surface area contributed by atoms with Crippen LogP contribution in [0.4, 0.5) is 0 Å². The quantitative estimate of drug-likeness (QED) is 0.349. The zero-order valence-electron chi connectivity index (χ0n) is 6.93. The molecule has 0 aromatic rings. The molecule has 0 radical (unpaired) electrons. The molecule has 0 fully saturated rings. The van der Waals surface area contributed by atoms with Gasteiger partial charge in [0.05, 0.1) is 6.34 Å². The zero-order valence-corrected chi connectivity index (χ0v) is 6.93. The third-order valence-corrected chi connectivity index (χ3v) is 1.90. The monoisotopic (exact) mass is 153 g/mol. The fourth-order valence-corrected chi connectivity index (χ4v) is 1.20. The van der Waals surface area contributed by atoms with Crippen LogP contribution in [0, 0.1) is 5.41 Å². The highest BCUT2D eigenvalue weighted by Crippen LogP contribution is 2.09. The van der Waals surface area contributed by atoms with Crippen LogP contribution in [0.1, 0.15) is 6.42 Å². The maximum absolute atomic E-state index is 7.02. The van der Waals surface area contributed by atoms with E-state index in [1.165, 1.54) is 11.9 Å². The van der Waals surface area contributed by atoms with Crippen molar-refractivity contribution in [2.24, 2.45) is 0 Å². The lowest BCUT2D eigenvalue weighted by molar-refractivity contribution is 0.539. The molecule has 0 unspecified atom stereocenters. The van der Waals surface area contributed by atoms with Crippen molar-refractivity contribution in [2.75, 3.05) is 26.7 Å². The Labute approximate surface area is 67.6 Å². The van der Waals surface area contributed by atoms with Crippen molar-refractivity contribution in [1.82, 2.24) is 10.2 Å². The second kappa shape index (κ2) is 4.13. The summed E-state index contributed by atoms with van der Waals surface area (Å²) in [6.45, 7) is 2.91. The Morgan fingerprint density at radius 3 is 3.18 bits per heavy atom. The lowest BCUT2D eigenvalue weighted by Crippen LogP contribution is -2.18. The Kier molecular flexibility index (Phi) is 3.11. The molecule has 0 atom stereocenters. The second-order valence-corrected chi connectivity index (χ2v) is 2.77. The predicted molar refractivity (Wildman–Crippen MR) is 47.0 cm³/mol. The van der Waals surface area contributed by atoms with Crippen LogP contribution in [-0.4, -0.2) is 37.9 Å². The van der Waals surface area contributed by atoms with E-state index < -0.39 is 0 Å². The first-order valence-electron chi connectivity index (χ1n) is 3.94.